The quantitative estimate of drug-likeness (QED) is 0.123. The SMILES string of the molecule is C[C@H](O)C[N+](=O)NOCN(CON[N+](=O)C[C@@H](C)O)[N+](=O)[O-]. The van der Waals surface area contributed by atoms with Crippen LogP contribution in [0.25, 0.3) is 0 Å². The standard InChI is InChI=1S/C8H20N6O8/c1-7(15)3-12(17)9-21-5-11(14(19)20)6-22-10-13(18)4-8(2)16/h7-8,15-16H,3-6H2,1-2H3,(H,9,17)(H,10,18)/q+2/t7-,8+. The summed E-state index contributed by atoms with van der Waals surface area (Å²) in [5.41, 5.74) is 3.63. The first-order chi connectivity index (χ1) is 10.2. The number of nitroso groups, excluding NO2 is 2. The summed E-state index contributed by atoms with van der Waals surface area (Å²) in [6.07, 6.45) is -1.82. The van der Waals surface area contributed by atoms with Gasteiger partial charge in [-0.15, -0.1) is 0 Å². The molecule has 4 N–H and O–H groups in total. The highest BCUT2D eigenvalue weighted by molar-refractivity contribution is 4.36. The number of hydrogen-bond donors (Lipinski definition) is 4. The number of hydrogen-bond acceptors (Lipinski definition) is 8. The first-order valence-electron chi connectivity index (χ1n) is 6.12. The Bertz CT molecular complexity index is 350. The molecule has 0 heterocycles. The zero-order valence-electron chi connectivity index (χ0n) is 12.1. The van der Waals surface area contributed by atoms with Crippen LogP contribution in [0, 0.1) is 19.9 Å². The smallest absolute Gasteiger partial charge is 0.252 e. The van der Waals surface area contributed by atoms with Gasteiger partial charge in [-0.05, 0) is 25.0 Å². The van der Waals surface area contributed by atoms with Gasteiger partial charge in [0.05, 0.1) is 9.81 Å². The van der Waals surface area contributed by atoms with Gasteiger partial charge in [0.1, 0.15) is 21.9 Å². The zero-order valence-corrected chi connectivity index (χ0v) is 12.1. The Balaban J connectivity index is 3.99. The Labute approximate surface area is 124 Å². The highest BCUT2D eigenvalue weighted by Gasteiger charge is 2.20. The highest BCUT2D eigenvalue weighted by Crippen LogP contribution is 1.89. The van der Waals surface area contributed by atoms with E-state index in [1.807, 2.05) is 11.2 Å². The van der Waals surface area contributed by atoms with Crippen molar-refractivity contribution in [2.45, 2.75) is 26.1 Å². The predicted molar refractivity (Wildman–Crippen MR) is 67.4 cm³/mol. The number of aliphatic hydroxyl groups is 2. The highest BCUT2D eigenvalue weighted by atomic mass is 16.8. The predicted octanol–water partition coefficient (Wildman–Crippen LogP) is -2.41. The van der Waals surface area contributed by atoms with Crippen LogP contribution in [0.1, 0.15) is 13.8 Å². The molecular formula is C8H20N6O8+2. The number of nitrogens with zero attached hydrogens (tertiary/aromatic N) is 4. The first kappa shape index (κ1) is 19.8. The van der Waals surface area contributed by atoms with E-state index in [9.17, 15) is 19.9 Å². The maximum absolute atomic E-state index is 11.0. The van der Waals surface area contributed by atoms with Gasteiger partial charge in [0, 0.05) is 0 Å². The summed E-state index contributed by atoms with van der Waals surface area (Å²) in [6, 6.07) is 0. The van der Waals surface area contributed by atoms with Gasteiger partial charge < -0.3 is 10.2 Å². The van der Waals surface area contributed by atoms with Crippen LogP contribution in [-0.2, 0) is 9.68 Å². The first-order valence-corrected chi connectivity index (χ1v) is 6.12. The summed E-state index contributed by atoms with van der Waals surface area (Å²) in [5.74, 6) is 0. The van der Waals surface area contributed by atoms with Crippen molar-refractivity contribution in [1.29, 1.82) is 0 Å². The second-order valence-electron chi connectivity index (χ2n) is 4.29. The topological polar surface area (TPSA) is 170 Å². The molecule has 0 radical (unpaired) electrons. The van der Waals surface area contributed by atoms with Crippen molar-refractivity contribution in [3.05, 3.63) is 19.9 Å². The molecule has 14 heteroatoms. The minimum Gasteiger partial charge on any atom is -0.387 e. The number of hydrazine groups is 3. The molecule has 0 fully saturated rings. The monoisotopic (exact) mass is 328 g/mol. The Morgan fingerprint density at radius 3 is 1.64 bits per heavy atom. The van der Waals surface area contributed by atoms with Crippen LogP contribution in [0.4, 0.5) is 0 Å². The molecule has 0 aromatic rings. The fraction of sp³-hybridized carbons (Fsp3) is 1.00. The average Bonchev–Trinajstić information content (AvgIpc) is 2.34. The molecule has 0 amide bonds. The molecule has 0 aliphatic heterocycles. The Kier molecular flexibility index (Phi) is 9.51. The van der Waals surface area contributed by atoms with Crippen LogP contribution in [-0.4, -0.2) is 68.8 Å². The number of aliphatic hydroxyl groups excluding tert-OH is 2. The second kappa shape index (κ2) is 10.6. The summed E-state index contributed by atoms with van der Waals surface area (Å²) >= 11 is 0. The van der Waals surface area contributed by atoms with E-state index in [-0.39, 0.29) is 22.8 Å². The van der Waals surface area contributed by atoms with E-state index in [0.29, 0.717) is 5.01 Å². The number of rotatable bonds is 13. The van der Waals surface area contributed by atoms with Gasteiger partial charge in [-0.25, -0.2) is 10.1 Å². The summed E-state index contributed by atoms with van der Waals surface area (Å²) in [7, 11) is 0. The van der Waals surface area contributed by atoms with E-state index in [1.165, 1.54) is 13.8 Å². The molecule has 14 nitrogen and oxygen atoms in total. The van der Waals surface area contributed by atoms with Crippen molar-refractivity contribution >= 4 is 0 Å². The number of nitro groups is 1. The fourth-order valence-corrected chi connectivity index (χ4v) is 1.04. The van der Waals surface area contributed by atoms with Crippen molar-refractivity contribution in [3.8, 4) is 0 Å². The Morgan fingerprint density at radius 2 is 1.36 bits per heavy atom. The van der Waals surface area contributed by atoms with Crippen molar-refractivity contribution in [2.75, 3.05) is 26.6 Å². The van der Waals surface area contributed by atoms with E-state index in [1.54, 1.807) is 0 Å². The van der Waals surface area contributed by atoms with Crippen molar-refractivity contribution in [3.63, 3.8) is 0 Å². The van der Waals surface area contributed by atoms with E-state index in [0.717, 1.165) is 0 Å². The molecular weight excluding hydrogens is 308 g/mol. The van der Waals surface area contributed by atoms with Crippen LogP contribution in [0.3, 0.4) is 0 Å². The summed E-state index contributed by atoms with van der Waals surface area (Å²) in [4.78, 5) is 42.1. The van der Waals surface area contributed by atoms with E-state index in [4.69, 9.17) is 10.2 Å². The van der Waals surface area contributed by atoms with Gasteiger partial charge >= 0.3 is 0 Å². The summed E-state index contributed by atoms with van der Waals surface area (Å²) in [5, 5.41) is 28.0. The minimum absolute atomic E-state index is 0.143. The third-order valence-electron chi connectivity index (χ3n) is 1.85. The summed E-state index contributed by atoms with van der Waals surface area (Å²) in [6.45, 7) is 0.779. The third kappa shape index (κ3) is 10.6. The van der Waals surface area contributed by atoms with E-state index < -0.39 is 30.7 Å². The van der Waals surface area contributed by atoms with E-state index in [2.05, 4.69) is 9.68 Å². The third-order valence-corrected chi connectivity index (χ3v) is 1.85. The lowest BCUT2D eigenvalue weighted by atomic mass is 10.4. The fourth-order valence-electron chi connectivity index (χ4n) is 1.04. The molecule has 0 aromatic carbocycles. The number of nitrogens with one attached hydrogen (secondary N) is 2. The molecule has 0 aliphatic carbocycles. The molecule has 0 unspecified atom stereocenters. The van der Waals surface area contributed by atoms with Gasteiger partial charge in [0.15, 0.2) is 5.03 Å². The van der Waals surface area contributed by atoms with Crippen LogP contribution < -0.4 is 11.2 Å². The van der Waals surface area contributed by atoms with Crippen LogP contribution >= 0.6 is 0 Å². The van der Waals surface area contributed by atoms with E-state index >= 15 is 0 Å². The van der Waals surface area contributed by atoms with Crippen molar-refractivity contribution in [2.24, 2.45) is 0 Å². The molecule has 0 aliphatic rings. The minimum atomic E-state index is -0.912. The lowest BCUT2D eigenvalue weighted by molar-refractivity contribution is -0.714. The van der Waals surface area contributed by atoms with Crippen LogP contribution in [0.15, 0.2) is 0 Å². The average molecular weight is 328 g/mol. The Morgan fingerprint density at radius 1 is 1.00 bits per heavy atom. The lowest BCUT2D eigenvalue weighted by Gasteiger charge is -2.11. The van der Waals surface area contributed by atoms with Gasteiger partial charge in [0.25, 0.3) is 13.1 Å². The van der Waals surface area contributed by atoms with Gasteiger partial charge in [-0.2, -0.15) is 9.68 Å². The van der Waals surface area contributed by atoms with Gasteiger partial charge in [0.2, 0.25) is 13.5 Å². The Hall–Kier alpha value is -2.16. The molecule has 2 atom stereocenters. The van der Waals surface area contributed by atoms with Crippen molar-refractivity contribution in [1.82, 2.24) is 16.2 Å². The second-order valence-corrected chi connectivity index (χ2v) is 4.29. The maximum Gasteiger partial charge on any atom is 0.252 e. The van der Waals surface area contributed by atoms with Crippen molar-refractivity contribution < 1.29 is 34.7 Å². The molecule has 0 spiro atoms. The lowest BCUT2D eigenvalue weighted by Crippen LogP contribution is -2.42. The molecule has 128 valence electrons. The zero-order chi connectivity index (χ0) is 17.1. The molecule has 0 aromatic heterocycles. The normalized spacial score (nSPS) is 13.1. The van der Waals surface area contributed by atoms with Gasteiger partial charge in [-0.3, -0.25) is 0 Å². The molecule has 22 heavy (non-hydrogen) atoms. The molecule has 0 saturated carbocycles. The van der Waals surface area contributed by atoms with Crippen LogP contribution in [0.5, 0.6) is 0 Å². The van der Waals surface area contributed by atoms with Crippen LogP contribution in [0.2, 0.25) is 0 Å². The molecule has 0 saturated heterocycles. The molecule has 0 bridgehead atoms. The van der Waals surface area contributed by atoms with Gasteiger partial charge in [-0.1, -0.05) is 5.01 Å². The molecule has 0 rings (SSSR count). The summed E-state index contributed by atoms with van der Waals surface area (Å²) < 4.78 is 0. The maximum atomic E-state index is 11.0. The largest absolute Gasteiger partial charge is 0.387 e.